The zero-order valence-corrected chi connectivity index (χ0v) is 20.0. The Balaban J connectivity index is 2.36. The quantitative estimate of drug-likeness (QED) is 0.170. The fourth-order valence-electron chi connectivity index (χ4n) is 3.11. The molecule has 2 rings (SSSR count). The van der Waals surface area contributed by atoms with Gasteiger partial charge in [0.25, 0.3) is 6.43 Å². The standard InChI is InChI=1S/C24H34F2N2OSi/c1-7-28(3)17-27-22-16-21(24(25)26)20(15-18(22)2)19-11-8-9-12-23(19)29-13-10-14-30(4,5)6/h8-9,11-12,15-17,24H,7,10,13-14H2,1-6H3. The van der Waals surface area contributed by atoms with Crippen molar-refractivity contribution in [1.82, 2.24) is 4.90 Å². The van der Waals surface area contributed by atoms with Crippen LogP contribution in [0.15, 0.2) is 41.4 Å². The third kappa shape index (κ3) is 6.94. The molecule has 0 aliphatic heterocycles. The van der Waals surface area contributed by atoms with E-state index in [1.165, 1.54) is 12.1 Å². The van der Waals surface area contributed by atoms with E-state index >= 15 is 0 Å². The summed E-state index contributed by atoms with van der Waals surface area (Å²) in [6.07, 6.45) is 0.0503. The largest absolute Gasteiger partial charge is 0.493 e. The molecule has 0 bridgehead atoms. The van der Waals surface area contributed by atoms with Crippen molar-refractivity contribution < 1.29 is 13.5 Å². The maximum absolute atomic E-state index is 14.0. The van der Waals surface area contributed by atoms with E-state index in [4.69, 9.17) is 4.74 Å². The molecule has 2 aromatic carbocycles. The number of hydrogen-bond donors (Lipinski definition) is 0. The molecular formula is C24H34F2N2OSi. The number of hydrogen-bond acceptors (Lipinski definition) is 2. The molecule has 0 amide bonds. The Bertz CT molecular complexity index is 863. The van der Waals surface area contributed by atoms with Gasteiger partial charge in [0.1, 0.15) is 5.75 Å². The summed E-state index contributed by atoms with van der Waals surface area (Å²) in [5, 5.41) is 0. The average molecular weight is 433 g/mol. The van der Waals surface area contributed by atoms with Crippen molar-refractivity contribution in [3.63, 3.8) is 0 Å². The molecule has 0 saturated heterocycles. The van der Waals surface area contributed by atoms with Gasteiger partial charge in [0.15, 0.2) is 0 Å². The van der Waals surface area contributed by atoms with Crippen molar-refractivity contribution >= 4 is 20.1 Å². The molecule has 0 radical (unpaired) electrons. The molecular weight excluding hydrogens is 398 g/mol. The second-order valence-corrected chi connectivity index (χ2v) is 14.5. The third-order valence-electron chi connectivity index (χ3n) is 5.00. The molecule has 0 saturated carbocycles. The zero-order chi connectivity index (χ0) is 22.3. The van der Waals surface area contributed by atoms with E-state index in [0.717, 1.165) is 18.5 Å². The second-order valence-electron chi connectivity index (χ2n) is 8.85. The van der Waals surface area contributed by atoms with Gasteiger partial charge in [-0.05, 0) is 49.6 Å². The number of ether oxygens (including phenoxy) is 1. The predicted octanol–water partition coefficient (Wildman–Crippen LogP) is 7.32. The van der Waals surface area contributed by atoms with E-state index in [-0.39, 0.29) is 5.56 Å². The zero-order valence-electron chi connectivity index (χ0n) is 19.0. The average Bonchev–Trinajstić information content (AvgIpc) is 2.69. The Kier molecular flexibility index (Phi) is 8.59. The lowest BCUT2D eigenvalue weighted by atomic mass is 9.96. The number of nitrogens with zero attached hydrogens (tertiary/aromatic N) is 2. The van der Waals surface area contributed by atoms with Crippen LogP contribution in [-0.2, 0) is 0 Å². The van der Waals surface area contributed by atoms with E-state index in [1.54, 1.807) is 12.4 Å². The molecule has 0 unspecified atom stereocenters. The molecule has 2 aromatic rings. The molecule has 164 valence electrons. The lowest BCUT2D eigenvalue weighted by Gasteiger charge is -2.18. The van der Waals surface area contributed by atoms with Gasteiger partial charge in [-0.3, -0.25) is 0 Å². The highest BCUT2D eigenvalue weighted by atomic mass is 28.3. The summed E-state index contributed by atoms with van der Waals surface area (Å²) in [5.41, 5.74) is 2.59. The minimum absolute atomic E-state index is 0.0231. The summed E-state index contributed by atoms with van der Waals surface area (Å²) in [6.45, 7) is 12.3. The Labute approximate surface area is 180 Å². The van der Waals surface area contributed by atoms with Crippen LogP contribution in [0.4, 0.5) is 14.5 Å². The van der Waals surface area contributed by atoms with E-state index in [1.807, 2.05) is 50.1 Å². The smallest absolute Gasteiger partial charge is 0.264 e. The maximum atomic E-state index is 14.0. The van der Waals surface area contributed by atoms with E-state index in [2.05, 4.69) is 24.6 Å². The van der Waals surface area contributed by atoms with Gasteiger partial charge in [-0.25, -0.2) is 13.8 Å². The predicted molar refractivity (Wildman–Crippen MR) is 126 cm³/mol. The summed E-state index contributed by atoms with van der Waals surface area (Å²) in [4.78, 5) is 6.30. The molecule has 3 nitrogen and oxygen atoms in total. The number of para-hydroxylation sites is 1. The highest BCUT2D eigenvalue weighted by Gasteiger charge is 2.19. The van der Waals surface area contributed by atoms with Crippen LogP contribution < -0.4 is 4.74 Å². The summed E-state index contributed by atoms with van der Waals surface area (Å²) in [7, 11) is 0.774. The summed E-state index contributed by atoms with van der Waals surface area (Å²) in [6, 6.07) is 11.9. The van der Waals surface area contributed by atoms with Gasteiger partial charge in [-0.1, -0.05) is 43.9 Å². The number of rotatable bonds is 10. The van der Waals surface area contributed by atoms with Crippen molar-refractivity contribution in [3.8, 4) is 16.9 Å². The Morgan fingerprint density at radius 1 is 1.13 bits per heavy atom. The Hall–Kier alpha value is -2.21. The number of benzene rings is 2. The van der Waals surface area contributed by atoms with Gasteiger partial charge < -0.3 is 9.64 Å². The monoisotopic (exact) mass is 432 g/mol. The van der Waals surface area contributed by atoms with Crippen LogP contribution in [0.25, 0.3) is 11.1 Å². The Morgan fingerprint density at radius 2 is 1.83 bits per heavy atom. The van der Waals surface area contributed by atoms with Crippen molar-refractivity contribution in [2.24, 2.45) is 4.99 Å². The van der Waals surface area contributed by atoms with Crippen LogP contribution in [0.5, 0.6) is 5.75 Å². The fourth-order valence-corrected chi connectivity index (χ4v) is 4.31. The van der Waals surface area contributed by atoms with Crippen LogP contribution in [0.3, 0.4) is 0 Å². The van der Waals surface area contributed by atoms with Crippen LogP contribution in [0.1, 0.15) is 30.9 Å². The first-order chi connectivity index (χ1) is 14.1. The SMILES string of the molecule is CCN(C)C=Nc1cc(C(F)F)c(-c2ccccc2OCCC[Si](C)(C)C)cc1C. The van der Waals surface area contributed by atoms with Gasteiger partial charge in [-0.2, -0.15) is 0 Å². The summed E-state index contributed by atoms with van der Waals surface area (Å²) >= 11 is 0. The summed E-state index contributed by atoms with van der Waals surface area (Å²) in [5.74, 6) is 0.649. The molecule has 0 fully saturated rings. The van der Waals surface area contributed by atoms with Gasteiger partial charge >= 0.3 is 0 Å². The second kappa shape index (κ2) is 10.7. The fraction of sp³-hybridized carbons (Fsp3) is 0.458. The highest BCUT2D eigenvalue weighted by molar-refractivity contribution is 6.76. The van der Waals surface area contributed by atoms with Crippen LogP contribution in [0.2, 0.25) is 25.7 Å². The number of aliphatic imine (C=N–C) groups is 1. The van der Waals surface area contributed by atoms with Crippen molar-refractivity contribution in [3.05, 3.63) is 47.5 Å². The van der Waals surface area contributed by atoms with Gasteiger partial charge in [0.2, 0.25) is 0 Å². The molecule has 0 aliphatic rings. The number of aryl methyl sites for hydroxylation is 1. The molecule has 0 heterocycles. The molecule has 0 N–H and O–H groups in total. The summed E-state index contributed by atoms with van der Waals surface area (Å²) < 4.78 is 33.9. The molecule has 0 spiro atoms. The Morgan fingerprint density at radius 3 is 2.47 bits per heavy atom. The first-order valence-corrected chi connectivity index (χ1v) is 14.2. The minimum atomic E-state index is -2.60. The molecule has 0 atom stereocenters. The lowest BCUT2D eigenvalue weighted by molar-refractivity contribution is 0.152. The van der Waals surface area contributed by atoms with Gasteiger partial charge in [-0.15, -0.1) is 0 Å². The van der Waals surface area contributed by atoms with Crippen molar-refractivity contribution in [2.45, 2.75) is 52.4 Å². The number of alkyl halides is 2. The van der Waals surface area contributed by atoms with E-state index in [9.17, 15) is 8.78 Å². The van der Waals surface area contributed by atoms with E-state index in [0.29, 0.717) is 29.2 Å². The van der Waals surface area contributed by atoms with E-state index < -0.39 is 14.5 Å². The number of halogens is 2. The molecule has 30 heavy (non-hydrogen) atoms. The van der Waals surface area contributed by atoms with Gasteiger partial charge in [0.05, 0.1) is 18.6 Å². The highest BCUT2D eigenvalue weighted by Crippen LogP contribution is 2.40. The van der Waals surface area contributed by atoms with Crippen molar-refractivity contribution in [1.29, 1.82) is 0 Å². The topological polar surface area (TPSA) is 24.8 Å². The molecule has 0 aromatic heterocycles. The first kappa shape index (κ1) is 24.1. The third-order valence-corrected chi connectivity index (χ3v) is 6.86. The maximum Gasteiger partial charge on any atom is 0.264 e. The molecule has 0 aliphatic carbocycles. The van der Waals surface area contributed by atoms with Crippen LogP contribution in [-0.4, -0.2) is 39.5 Å². The normalized spacial score (nSPS) is 12.0. The lowest BCUT2D eigenvalue weighted by Crippen LogP contribution is -2.20. The van der Waals surface area contributed by atoms with Crippen molar-refractivity contribution in [2.75, 3.05) is 20.2 Å². The van der Waals surface area contributed by atoms with Gasteiger partial charge in [0, 0.05) is 32.8 Å². The minimum Gasteiger partial charge on any atom is -0.493 e. The molecule has 6 heteroatoms. The first-order valence-electron chi connectivity index (χ1n) is 10.5. The van der Waals surface area contributed by atoms with Crippen LogP contribution in [0, 0.1) is 6.92 Å². The van der Waals surface area contributed by atoms with Crippen LogP contribution >= 0.6 is 0 Å².